The van der Waals surface area contributed by atoms with Gasteiger partial charge in [0.1, 0.15) is 5.82 Å². The number of hydrogen-bond donors (Lipinski definition) is 2. The van der Waals surface area contributed by atoms with Crippen molar-refractivity contribution in [3.63, 3.8) is 0 Å². The number of nitrogens with zero attached hydrogens (tertiary/aromatic N) is 1. The summed E-state index contributed by atoms with van der Waals surface area (Å²) in [7, 11) is 0. The molecular weight excluding hydrogens is 204 g/mol. The SMILES string of the molecule is O=C(O)c1cccc2c1NC1=CC=CCN12. The predicted molar refractivity (Wildman–Crippen MR) is 61.6 cm³/mol. The number of hydrogen-bond acceptors (Lipinski definition) is 3. The van der Waals surface area contributed by atoms with Gasteiger partial charge in [0.05, 0.1) is 16.9 Å². The molecule has 3 rings (SSSR count). The van der Waals surface area contributed by atoms with Gasteiger partial charge in [0.15, 0.2) is 0 Å². The highest BCUT2D eigenvalue weighted by Gasteiger charge is 2.27. The zero-order valence-electron chi connectivity index (χ0n) is 8.47. The fourth-order valence-electron chi connectivity index (χ4n) is 2.05. The van der Waals surface area contributed by atoms with Crippen molar-refractivity contribution < 1.29 is 9.90 Å². The number of benzene rings is 1. The van der Waals surface area contributed by atoms with E-state index in [-0.39, 0.29) is 0 Å². The minimum Gasteiger partial charge on any atom is -0.478 e. The molecular formula is C12H10N2O2. The zero-order valence-corrected chi connectivity index (χ0v) is 8.47. The summed E-state index contributed by atoms with van der Waals surface area (Å²) in [5.41, 5.74) is 1.92. The lowest BCUT2D eigenvalue weighted by molar-refractivity contribution is 0.0698. The van der Waals surface area contributed by atoms with Crippen LogP contribution in [0.3, 0.4) is 0 Å². The van der Waals surface area contributed by atoms with Crippen molar-refractivity contribution in [2.75, 3.05) is 16.8 Å². The average Bonchev–Trinajstić information content (AvgIpc) is 2.67. The standard InChI is InChI=1S/C12H10N2O2/c15-12(16)8-4-3-5-9-11(8)13-10-6-1-2-7-14(9)10/h1-6,13H,7H2,(H,15,16). The summed E-state index contributed by atoms with van der Waals surface area (Å²) in [4.78, 5) is 13.1. The summed E-state index contributed by atoms with van der Waals surface area (Å²) in [5, 5.41) is 12.2. The van der Waals surface area contributed by atoms with Gasteiger partial charge in [-0.3, -0.25) is 0 Å². The Hall–Kier alpha value is -2.23. The Morgan fingerprint density at radius 1 is 1.44 bits per heavy atom. The maximum atomic E-state index is 11.1. The summed E-state index contributed by atoms with van der Waals surface area (Å²) in [5.74, 6) is 0.0314. The third-order valence-electron chi connectivity index (χ3n) is 2.79. The molecule has 80 valence electrons. The lowest BCUT2D eigenvalue weighted by Crippen LogP contribution is -2.22. The molecule has 0 atom stereocenters. The molecule has 0 radical (unpaired) electrons. The Morgan fingerprint density at radius 2 is 2.31 bits per heavy atom. The molecule has 2 heterocycles. The van der Waals surface area contributed by atoms with Gasteiger partial charge in [-0.05, 0) is 18.2 Å². The number of nitrogens with one attached hydrogen (secondary N) is 1. The van der Waals surface area contributed by atoms with Crippen LogP contribution in [-0.4, -0.2) is 17.6 Å². The largest absolute Gasteiger partial charge is 0.478 e. The molecule has 0 aliphatic carbocycles. The highest BCUT2D eigenvalue weighted by Crippen LogP contribution is 2.39. The second-order valence-corrected chi connectivity index (χ2v) is 3.72. The molecule has 0 aromatic heterocycles. The van der Waals surface area contributed by atoms with Crippen LogP contribution in [0.2, 0.25) is 0 Å². The first kappa shape index (κ1) is 9.03. The number of aromatic carboxylic acids is 1. The monoisotopic (exact) mass is 214 g/mol. The molecule has 2 aliphatic heterocycles. The number of fused-ring (bicyclic) bond motifs is 3. The zero-order chi connectivity index (χ0) is 11.1. The van der Waals surface area contributed by atoms with Crippen molar-refractivity contribution in [1.29, 1.82) is 0 Å². The molecule has 1 aromatic carbocycles. The quantitative estimate of drug-likeness (QED) is 0.751. The summed E-state index contributed by atoms with van der Waals surface area (Å²) < 4.78 is 0. The number of allylic oxidation sites excluding steroid dienone is 2. The van der Waals surface area contributed by atoms with Crippen molar-refractivity contribution in [2.45, 2.75) is 0 Å². The fraction of sp³-hybridized carbons (Fsp3) is 0.0833. The number of anilines is 2. The van der Waals surface area contributed by atoms with Crippen molar-refractivity contribution in [3.05, 3.63) is 47.8 Å². The van der Waals surface area contributed by atoms with Crippen LogP contribution in [0, 0.1) is 0 Å². The summed E-state index contributed by atoms with van der Waals surface area (Å²) in [6.45, 7) is 0.773. The van der Waals surface area contributed by atoms with Crippen molar-refractivity contribution in [1.82, 2.24) is 0 Å². The molecule has 16 heavy (non-hydrogen) atoms. The molecule has 0 amide bonds. The Bertz CT molecular complexity index is 532. The summed E-state index contributed by atoms with van der Waals surface area (Å²) in [6, 6.07) is 5.31. The molecule has 4 heteroatoms. The molecule has 4 nitrogen and oxygen atoms in total. The van der Waals surface area contributed by atoms with E-state index < -0.39 is 5.97 Å². The third kappa shape index (κ3) is 1.13. The molecule has 0 spiro atoms. The summed E-state index contributed by atoms with van der Waals surface area (Å²) >= 11 is 0. The molecule has 0 bridgehead atoms. The molecule has 0 saturated carbocycles. The maximum absolute atomic E-state index is 11.1. The van der Waals surface area contributed by atoms with E-state index in [9.17, 15) is 4.79 Å². The van der Waals surface area contributed by atoms with Crippen LogP contribution in [0.15, 0.2) is 42.2 Å². The van der Waals surface area contributed by atoms with Crippen LogP contribution in [-0.2, 0) is 0 Å². The highest BCUT2D eigenvalue weighted by molar-refractivity contribution is 6.01. The van der Waals surface area contributed by atoms with Gasteiger partial charge in [-0.15, -0.1) is 0 Å². The van der Waals surface area contributed by atoms with Crippen LogP contribution in [0.25, 0.3) is 0 Å². The van der Waals surface area contributed by atoms with Gasteiger partial charge < -0.3 is 15.3 Å². The molecule has 0 saturated heterocycles. The number of rotatable bonds is 1. The number of para-hydroxylation sites is 1. The van der Waals surface area contributed by atoms with E-state index >= 15 is 0 Å². The Morgan fingerprint density at radius 3 is 3.12 bits per heavy atom. The normalized spacial score (nSPS) is 16.2. The fourth-order valence-corrected chi connectivity index (χ4v) is 2.05. The van der Waals surface area contributed by atoms with Crippen molar-refractivity contribution >= 4 is 17.3 Å². The van der Waals surface area contributed by atoms with Crippen LogP contribution >= 0.6 is 0 Å². The third-order valence-corrected chi connectivity index (χ3v) is 2.79. The first-order chi connectivity index (χ1) is 7.77. The van der Waals surface area contributed by atoms with Gasteiger partial charge in [-0.25, -0.2) is 4.79 Å². The Labute approximate surface area is 92.5 Å². The van der Waals surface area contributed by atoms with Gasteiger partial charge >= 0.3 is 5.97 Å². The first-order valence-corrected chi connectivity index (χ1v) is 5.05. The molecule has 2 aliphatic rings. The van der Waals surface area contributed by atoms with Crippen LogP contribution < -0.4 is 10.2 Å². The Balaban J connectivity index is 2.16. The second-order valence-electron chi connectivity index (χ2n) is 3.72. The highest BCUT2D eigenvalue weighted by atomic mass is 16.4. The number of carboxylic acid groups (broad SMARTS) is 1. The minimum absolute atomic E-state index is 0.313. The van der Waals surface area contributed by atoms with E-state index in [2.05, 4.69) is 10.2 Å². The van der Waals surface area contributed by atoms with Gasteiger partial charge in [0, 0.05) is 6.54 Å². The van der Waals surface area contributed by atoms with Gasteiger partial charge in [0.25, 0.3) is 0 Å². The number of carbonyl (C=O) groups is 1. The molecule has 0 unspecified atom stereocenters. The molecule has 1 aromatic rings. The smallest absolute Gasteiger partial charge is 0.337 e. The van der Waals surface area contributed by atoms with Crippen LogP contribution in [0.5, 0.6) is 0 Å². The van der Waals surface area contributed by atoms with Crippen LogP contribution in [0.1, 0.15) is 10.4 Å². The lowest BCUT2D eigenvalue weighted by Gasteiger charge is -2.19. The van der Waals surface area contributed by atoms with E-state index in [0.717, 1.165) is 18.1 Å². The lowest BCUT2D eigenvalue weighted by atomic mass is 10.1. The summed E-state index contributed by atoms with van der Waals surface area (Å²) in [6.07, 6.45) is 5.94. The Kier molecular flexibility index (Phi) is 1.77. The average molecular weight is 214 g/mol. The first-order valence-electron chi connectivity index (χ1n) is 5.05. The predicted octanol–water partition coefficient (Wildman–Crippen LogP) is 2.03. The van der Waals surface area contributed by atoms with Gasteiger partial charge in [0.2, 0.25) is 0 Å². The maximum Gasteiger partial charge on any atom is 0.337 e. The second kappa shape index (κ2) is 3.13. The van der Waals surface area contributed by atoms with E-state index in [0.29, 0.717) is 11.3 Å². The number of carboxylic acids is 1. The van der Waals surface area contributed by atoms with E-state index in [1.807, 2.05) is 24.3 Å². The van der Waals surface area contributed by atoms with Gasteiger partial charge in [-0.2, -0.15) is 0 Å². The van der Waals surface area contributed by atoms with Crippen molar-refractivity contribution in [2.24, 2.45) is 0 Å². The van der Waals surface area contributed by atoms with Gasteiger partial charge in [-0.1, -0.05) is 18.2 Å². The topological polar surface area (TPSA) is 52.6 Å². The molecule has 0 fully saturated rings. The van der Waals surface area contributed by atoms with Crippen LogP contribution in [0.4, 0.5) is 11.4 Å². The van der Waals surface area contributed by atoms with E-state index in [1.165, 1.54) is 0 Å². The minimum atomic E-state index is -0.905. The van der Waals surface area contributed by atoms with Crippen molar-refractivity contribution in [3.8, 4) is 0 Å². The molecule has 2 N–H and O–H groups in total. The van der Waals surface area contributed by atoms with E-state index in [1.54, 1.807) is 12.1 Å². The van der Waals surface area contributed by atoms with E-state index in [4.69, 9.17) is 5.11 Å².